The molecule has 0 aliphatic heterocycles. The molecule has 1 aromatic heterocycles. The number of para-hydroxylation sites is 1. The Bertz CT molecular complexity index is 822. The SMILES string of the molecule is Cc1cccc(C)c1Nc1nc2ccc([N+](=O)[O-])cc2s1. The number of nitro groups is 1. The van der Waals surface area contributed by atoms with E-state index in [9.17, 15) is 10.1 Å². The van der Waals surface area contributed by atoms with Crippen molar-refractivity contribution in [2.75, 3.05) is 5.32 Å². The molecule has 0 amide bonds. The van der Waals surface area contributed by atoms with Gasteiger partial charge in [-0.15, -0.1) is 0 Å². The summed E-state index contributed by atoms with van der Waals surface area (Å²) < 4.78 is 0.804. The summed E-state index contributed by atoms with van der Waals surface area (Å²) in [6, 6.07) is 10.8. The number of nitrogens with zero attached hydrogens (tertiary/aromatic N) is 2. The fourth-order valence-corrected chi connectivity index (χ4v) is 3.10. The number of thiazole rings is 1. The highest BCUT2D eigenvalue weighted by atomic mass is 32.1. The standard InChI is InChI=1S/C15H13N3O2S/c1-9-4-3-5-10(2)14(9)17-15-16-12-7-6-11(18(19)20)8-13(12)21-15/h3-8H,1-2H3,(H,16,17). The van der Waals surface area contributed by atoms with Crippen LogP contribution < -0.4 is 5.32 Å². The fraction of sp³-hybridized carbons (Fsp3) is 0.133. The third kappa shape index (κ3) is 2.57. The van der Waals surface area contributed by atoms with Gasteiger partial charge in [0, 0.05) is 17.8 Å². The Balaban J connectivity index is 2.00. The van der Waals surface area contributed by atoms with Crippen LogP contribution in [0.25, 0.3) is 10.2 Å². The van der Waals surface area contributed by atoms with Gasteiger partial charge in [-0.1, -0.05) is 29.5 Å². The van der Waals surface area contributed by atoms with Crippen molar-refractivity contribution in [1.29, 1.82) is 0 Å². The average Bonchev–Trinajstić information content (AvgIpc) is 2.84. The largest absolute Gasteiger partial charge is 0.331 e. The first-order chi connectivity index (χ1) is 10.0. The lowest BCUT2D eigenvalue weighted by molar-refractivity contribution is -0.384. The van der Waals surface area contributed by atoms with E-state index in [1.54, 1.807) is 12.1 Å². The maximum Gasteiger partial charge on any atom is 0.270 e. The summed E-state index contributed by atoms with van der Waals surface area (Å²) in [6.45, 7) is 4.07. The molecule has 5 nitrogen and oxygen atoms in total. The molecule has 0 spiro atoms. The topological polar surface area (TPSA) is 68.1 Å². The smallest absolute Gasteiger partial charge is 0.270 e. The number of benzene rings is 2. The molecular weight excluding hydrogens is 286 g/mol. The second kappa shape index (κ2) is 5.14. The lowest BCUT2D eigenvalue weighted by Gasteiger charge is -2.09. The number of non-ortho nitro benzene ring substituents is 1. The predicted octanol–water partition coefficient (Wildman–Crippen LogP) is 4.56. The van der Waals surface area contributed by atoms with Crippen molar-refractivity contribution in [3.63, 3.8) is 0 Å². The summed E-state index contributed by atoms with van der Waals surface area (Å²) in [5.41, 5.74) is 4.16. The van der Waals surface area contributed by atoms with Crippen LogP contribution in [0, 0.1) is 24.0 Å². The second-order valence-corrected chi connectivity index (χ2v) is 5.85. The highest BCUT2D eigenvalue weighted by Gasteiger charge is 2.11. The molecule has 1 heterocycles. The number of anilines is 2. The molecule has 0 atom stereocenters. The monoisotopic (exact) mass is 299 g/mol. The summed E-state index contributed by atoms with van der Waals surface area (Å²) in [7, 11) is 0. The van der Waals surface area contributed by atoms with E-state index in [0.29, 0.717) is 0 Å². The van der Waals surface area contributed by atoms with Gasteiger partial charge in [-0.05, 0) is 31.0 Å². The van der Waals surface area contributed by atoms with Crippen molar-refractivity contribution in [2.45, 2.75) is 13.8 Å². The summed E-state index contributed by atoms with van der Waals surface area (Å²) >= 11 is 1.41. The minimum Gasteiger partial charge on any atom is -0.331 e. The average molecular weight is 299 g/mol. The quantitative estimate of drug-likeness (QED) is 0.568. The van der Waals surface area contributed by atoms with Crippen molar-refractivity contribution in [1.82, 2.24) is 4.98 Å². The van der Waals surface area contributed by atoms with E-state index in [-0.39, 0.29) is 5.69 Å². The Morgan fingerprint density at radius 2 is 1.90 bits per heavy atom. The lowest BCUT2D eigenvalue weighted by atomic mass is 10.1. The van der Waals surface area contributed by atoms with Gasteiger partial charge in [0.05, 0.1) is 15.1 Å². The summed E-state index contributed by atoms with van der Waals surface area (Å²) in [5, 5.41) is 14.9. The number of fused-ring (bicyclic) bond motifs is 1. The summed E-state index contributed by atoms with van der Waals surface area (Å²) in [6.07, 6.45) is 0. The van der Waals surface area contributed by atoms with E-state index in [0.717, 1.165) is 32.2 Å². The van der Waals surface area contributed by atoms with Gasteiger partial charge in [0.15, 0.2) is 5.13 Å². The zero-order valence-corrected chi connectivity index (χ0v) is 12.4. The second-order valence-electron chi connectivity index (χ2n) is 4.82. The molecule has 0 unspecified atom stereocenters. The molecular formula is C15H13N3O2S. The van der Waals surface area contributed by atoms with Crippen LogP contribution in [0.1, 0.15) is 11.1 Å². The minimum atomic E-state index is -0.391. The first-order valence-electron chi connectivity index (χ1n) is 6.43. The van der Waals surface area contributed by atoms with Crippen molar-refractivity contribution in [3.8, 4) is 0 Å². The fourth-order valence-electron chi connectivity index (χ4n) is 2.20. The molecule has 21 heavy (non-hydrogen) atoms. The molecule has 0 aliphatic rings. The molecule has 106 valence electrons. The van der Waals surface area contributed by atoms with Gasteiger partial charge in [0.2, 0.25) is 0 Å². The predicted molar refractivity (Wildman–Crippen MR) is 85.5 cm³/mol. The van der Waals surface area contributed by atoms with Crippen molar-refractivity contribution in [3.05, 3.63) is 57.6 Å². The Hall–Kier alpha value is -2.47. The number of aromatic nitrogens is 1. The first-order valence-corrected chi connectivity index (χ1v) is 7.24. The number of nitrogens with one attached hydrogen (secondary N) is 1. The van der Waals surface area contributed by atoms with E-state index < -0.39 is 4.92 Å². The van der Waals surface area contributed by atoms with Crippen LogP contribution >= 0.6 is 11.3 Å². The summed E-state index contributed by atoms with van der Waals surface area (Å²) in [5.74, 6) is 0. The zero-order chi connectivity index (χ0) is 15.0. The van der Waals surface area contributed by atoms with Crippen molar-refractivity contribution in [2.24, 2.45) is 0 Å². The van der Waals surface area contributed by atoms with Crippen LogP contribution in [-0.2, 0) is 0 Å². The highest BCUT2D eigenvalue weighted by molar-refractivity contribution is 7.22. The van der Waals surface area contributed by atoms with Crippen LogP contribution in [0.3, 0.4) is 0 Å². The minimum absolute atomic E-state index is 0.0878. The maximum absolute atomic E-state index is 10.8. The van der Waals surface area contributed by atoms with Gasteiger partial charge in [-0.25, -0.2) is 4.98 Å². The Morgan fingerprint density at radius 1 is 1.19 bits per heavy atom. The van der Waals surface area contributed by atoms with Gasteiger partial charge in [0.1, 0.15) is 0 Å². The number of rotatable bonds is 3. The molecule has 0 saturated carbocycles. The van der Waals surface area contributed by atoms with E-state index in [1.807, 2.05) is 32.0 Å². The number of aryl methyl sites for hydroxylation is 2. The van der Waals surface area contributed by atoms with E-state index in [1.165, 1.54) is 17.4 Å². The Labute approximate surface area is 125 Å². The maximum atomic E-state index is 10.8. The van der Waals surface area contributed by atoms with Crippen molar-refractivity contribution < 1.29 is 4.92 Å². The third-order valence-electron chi connectivity index (χ3n) is 3.30. The lowest BCUT2D eigenvalue weighted by Crippen LogP contribution is -1.95. The van der Waals surface area contributed by atoms with E-state index in [4.69, 9.17) is 0 Å². The van der Waals surface area contributed by atoms with Crippen molar-refractivity contribution >= 4 is 38.1 Å². The molecule has 3 aromatic rings. The Morgan fingerprint density at radius 3 is 2.57 bits per heavy atom. The van der Waals surface area contributed by atoms with E-state index in [2.05, 4.69) is 10.3 Å². The molecule has 0 radical (unpaired) electrons. The van der Waals surface area contributed by atoms with Crippen LogP contribution in [0.5, 0.6) is 0 Å². The molecule has 6 heteroatoms. The number of nitro benzene ring substituents is 1. The molecule has 0 fully saturated rings. The van der Waals surface area contributed by atoms with Gasteiger partial charge < -0.3 is 5.32 Å². The molecule has 3 rings (SSSR count). The molecule has 0 aliphatic carbocycles. The Kier molecular flexibility index (Phi) is 3.31. The number of hydrogen-bond acceptors (Lipinski definition) is 5. The zero-order valence-electron chi connectivity index (χ0n) is 11.6. The van der Waals surface area contributed by atoms with Crippen LogP contribution in [0.4, 0.5) is 16.5 Å². The molecule has 0 saturated heterocycles. The van der Waals surface area contributed by atoms with Gasteiger partial charge >= 0.3 is 0 Å². The van der Waals surface area contributed by atoms with Crippen LogP contribution in [0.15, 0.2) is 36.4 Å². The molecule has 0 bridgehead atoms. The van der Waals surface area contributed by atoms with Gasteiger partial charge in [-0.3, -0.25) is 10.1 Å². The van der Waals surface area contributed by atoms with Gasteiger partial charge in [0.25, 0.3) is 5.69 Å². The third-order valence-corrected chi connectivity index (χ3v) is 4.23. The van der Waals surface area contributed by atoms with E-state index >= 15 is 0 Å². The van der Waals surface area contributed by atoms with Crippen LogP contribution in [-0.4, -0.2) is 9.91 Å². The van der Waals surface area contributed by atoms with Gasteiger partial charge in [-0.2, -0.15) is 0 Å². The molecule has 1 N–H and O–H groups in total. The highest BCUT2D eigenvalue weighted by Crippen LogP contribution is 2.32. The summed E-state index contributed by atoms with van der Waals surface area (Å²) in [4.78, 5) is 14.9. The number of hydrogen-bond donors (Lipinski definition) is 1. The normalized spacial score (nSPS) is 10.8. The first kappa shape index (κ1) is 13.5. The molecule has 2 aromatic carbocycles. The van der Waals surface area contributed by atoms with Crippen LogP contribution in [0.2, 0.25) is 0 Å².